The Kier molecular flexibility index (Phi) is 3.85. The highest BCUT2D eigenvalue weighted by molar-refractivity contribution is 6.29. The van der Waals surface area contributed by atoms with E-state index in [0.717, 1.165) is 41.7 Å². The van der Waals surface area contributed by atoms with Crippen LogP contribution in [0.25, 0.3) is 22.3 Å². The zero-order valence-electron chi connectivity index (χ0n) is 12.4. The lowest BCUT2D eigenvalue weighted by Gasteiger charge is -2.11. The molecule has 118 valence electrons. The van der Waals surface area contributed by atoms with Gasteiger partial charge >= 0.3 is 0 Å². The maximum absolute atomic E-state index is 6.17. The van der Waals surface area contributed by atoms with E-state index >= 15 is 0 Å². The SMILES string of the molecule is Clc1cc(-c2c[nH]c3ncccc23)nc(NCC2CCCO2)n1. The van der Waals surface area contributed by atoms with E-state index in [1.807, 2.05) is 18.3 Å². The third-order valence-electron chi connectivity index (χ3n) is 3.93. The number of hydrogen-bond acceptors (Lipinski definition) is 5. The molecule has 4 heterocycles. The van der Waals surface area contributed by atoms with E-state index in [9.17, 15) is 0 Å². The second-order valence-corrected chi connectivity index (χ2v) is 5.90. The number of halogens is 1. The summed E-state index contributed by atoms with van der Waals surface area (Å²) in [7, 11) is 0. The molecule has 0 bridgehead atoms. The van der Waals surface area contributed by atoms with Crippen molar-refractivity contribution in [3.8, 4) is 11.3 Å². The van der Waals surface area contributed by atoms with E-state index in [2.05, 4.69) is 25.3 Å². The molecule has 1 fully saturated rings. The van der Waals surface area contributed by atoms with Gasteiger partial charge in [0.25, 0.3) is 0 Å². The highest BCUT2D eigenvalue weighted by Gasteiger charge is 2.16. The van der Waals surface area contributed by atoms with Gasteiger partial charge in [-0.1, -0.05) is 11.6 Å². The molecule has 7 heteroatoms. The first kappa shape index (κ1) is 14.4. The van der Waals surface area contributed by atoms with Crippen LogP contribution in [0.1, 0.15) is 12.8 Å². The lowest BCUT2D eigenvalue weighted by atomic mass is 10.1. The quantitative estimate of drug-likeness (QED) is 0.718. The van der Waals surface area contributed by atoms with Crippen LogP contribution in [0.2, 0.25) is 5.15 Å². The van der Waals surface area contributed by atoms with Gasteiger partial charge in [0.05, 0.1) is 11.8 Å². The molecule has 4 rings (SSSR count). The Labute approximate surface area is 138 Å². The molecule has 1 unspecified atom stereocenters. The number of anilines is 1. The molecule has 0 radical (unpaired) electrons. The van der Waals surface area contributed by atoms with E-state index in [4.69, 9.17) is 16.3 Å². The molecule has 0 amide bonds. The fraction of sp³-hybridized carbons (Fsp3) is 0.312. The van der Waals surface area contributed by atoms with Gasteiger partial charge in [-0.3, -0.25) is 0 Å². The van der Waals surface area contributed by atoms with Crippen molar-refractivity contribution in [1.82, 2.24) is 19.9 Å². The van der Waals surface area contributed by atoms with Crippen molar-refractivity contribution in [1.29, 1.82) is 0 Å². The molecular weight excluding hydrogens is 314 g/mol. The normalized spacial score (nSPS) is 17.7. The Morgan fingerprint density at radius 2 is 2.35 bits per heavy atom. The highest BCUT2D eigenvalue weighted by Crippen LogP contribution is 2.28. The second kappa shape index (κ2) is 6.14. The first-order valence-corrected chi connectivity index (χ1v) is 8.00. The monoisotopic (exact) mass is 329 g/mol. The average Bonchev–Trinajstić information content (AvgIpc) is 3.22. The van der Waals surface area contributed by atoms with Crippen LogP contribution in [0.15, 0.2) is 30.6 Å². The molecule has 1 aliphatic heterocycles. The van der Waals surface area contributed by atoms with Crippen LogP contribution in [0.5, 0.6) is 0 Å². The van der Waals surface area contributed by atoms with Crippen molar-refractivity contribution in [3.63, 3.8) is 0 Å². The van der Waals surface area contributed by atoms with Crippen molar-refractivity contribution in [3.05, 3.63) is 35.7 Å². The fourth-order valence-corrected chi connectivity index (χ4v) is 3.00. The molecular formula is C16H16ClN5O. The smallest absolute Gasteiger partial charge is 0.224 e. The first-order valence-electron chi connectivity index (χ1n) is 7.62. The summed E-state index contributed by atoms with van der Waals surface area (Å²) in [6.45, 7) is 1.52. The number of ether oxygens (including phenoxy) is 1. The van der Waals surface area contributed by atoms with Crippen LogP contribution in [0.4, 0.5) is 5.95 Å². The summed E-state index contributed by atoms with van der Waals surface area (Å²) in [6.07, 6.45) is 6.04. The van der Waals surface area contributed by atoms with Crippen molar-refractivity contribution < 1.29 is 4.74 Å². The molecule has 0 aliphatic carbocycles. The molecule has 0 saturated carbocycles. The molecule has 2 N–H and O–H groups in total. The van der Waals surface area contributed by atoms with E-state index in [0.29, 0.717) is 17.6 Å². The predicted molar refractivity (Wildman–Crippen MR) is 89.6 cm³/mol. The predicted octanol–water partition coefficient (Wildman–Crippen LogP) is 3.26. The van der Waals surface area contributed by atoms with Gasteiger partial charge < -0.3 is 15.0 Å². The van der Waals surface area contributed by atoms with Gasteiger partial charge in [0.1, 0.15) is 10.8 Å². The van der Waals surface area contributed by atoms with Gasteiger partial charge in [-0.15, -0.1) is 0 Å². The molecule has 1 aliphatic rings. The number of H-pyrrole nitrogens is 1. The Bertz CT molecular complexity index is 828. The third-order valence-corrected chi connectivity index (χ3v) is 4.13. The summed E-state index contributed by atoms with van der Waals surface area (Å²) >= 11 is 6.17. The topological polar surface area (TPSA) is 75.7 Å². The van der Waals surface area contributed by atoms with Gasteiger partial charge in [0, 0.05) is 42.6 Å². The zero-order valence-corrected chi connectivity index (χ0v) is 13.2. The highest BCUT2D eigenvalue weighted by atomic mass is 35.5. The summed E-state index contributed by atoms with van der Waals surface area (Å²) < 4.78 is 5.60. The van der Waals surface area contributed by atoms with Gasteiger partial charge in [0.2, 0.25) is 5.95 Å². The molecule has 23 heavy (non-hydrogen) atoms. The van der Waals surface area contributed by atoms with Crippen LogP contribution in [-0.2, 0) is 4.74 Å². The standard InChI is InChI=1S/C16H16ClN5O/c17-14-7-13(12-9-19-15-11(12)4-1-5-18-15)21-16(22-14)20-8-10-3-2-6-23-10/h1,4-5,7,9-10H,2-3,6,8H2,(H,18,19)(H,20,21,22). The van der Waals surface area contributed by atoms with E-state index < -0.39 is 0 Å². The summed E-state index contributed by atoms with van der Waals surface area (Å²) in [6, 6.07) is 5.66. The minimum atomic E-state index is 0.221. The lowest BCUT2D eigenvalue weighted by Crippen LogP contribution is -2.19. The Morgan fingerprint density at radius 1 is 1.39 bits per heavy atom. The number of aromatic nitrogens is 4. The van der Waals surface area contributed by atoms with Gasteiger partial charge in [-0.2, -0.15) is 0 Å². The van der Waals surface area contributed by atoms with Crippen molar-refractivity contribution in [2.24, 2.45) is 0 Å². The molecule has 3 aromatic heterocycles. The number of pyridine rings is 1. The second-order valence-electron chi connectivity index (χ2n) is 5.52. The van der Waals surface area contributed by atoms with Crippen molar-refractivity contribution in [2.75, 3.05) is 18.5 Å². The summed E-state index contributed by atoms with van der Waals surface area (Å²) in [5.74, 6) is 0.515. The number of rotatable bonds is 4. The van der Waals surface area contributed by atoms with E-state index in [1.54, 1.807) is 12.3 Å². The molecule has 1 saturated heterocycles. The summed E-state index contributed by atoms with van der Waals surface area (Å²) in [4.78, 5) is 16.3. The van der Waals surface area contributed by atoms with Crippen molar-refractivity contribution >= 4 is 28.6 Å². The Hall–Kier alpha value is -2.18. The number of hydrogen-bond donors (Lipinski definition) is 2. The number of nitrogens with one attached hydrogen (secondary N) is 2. The molecule has 0 spiro atoms. The van der Waals surface area contributed by atoms with Gasteiger partial charge in [0.15, 0.2) is 0 Å². The van der Waals surface area contributed by atoms with E-state index in [-0.39, 0.29) is 6.10 Å². The largest absolute Gasteiger partial charge is 0.376 e. The summed E-state index contributed by atoms with van der Waals surface area (Å²) in [5.41, 5.74) is 2.54. The maximum atomic E-state index is 6.17. The minimum Gasteiger partial charge on any atom is -0.376 e. The number of fused-ring (bicyclic) bond motifs is 1. The molecule has 6 nitrogen and oxygen atoms in total. The molecule has 1 atom stereocenters. The lowest BCUT2D eigenvalue weighted by molar-refractivity contribution is 0.120. The van der Waals surface area contributed by atoms with Gasteiger partial charge in [-0.05, 0) is 25.0 Å². The van der Waals surface area contributed by atoms with Crippen LogP contribution in [-0.4, -0.2) is 39.2 Å². The van der Waals surface area contributed by atoms with E-state index in [1.165, 1.54) is 0 Å². The van der Waals surface area contributed by atoms with Crippen molar-refractivity contribution in [2.45, 2.75) is 18.9 Å². The van der Waals surface area contributed by atoms with Crippen LogP contribution in [0.3, 0.4) is 0 Å². The van der Waals surface area contributed by atoms with Gasteiger partial charge in [-0.25, -0.2) is 15.0 Å². The fourth-order valence-electron chi connectivity index (χ4n) is 2.81. The maximum Gasteiger partial charge on any atom is 0.224 e. The number of nitrogens with zero attached hydrogens (tertiary/aromatic N) is 3. The van der Waals surface area contributed by atoms with Crippen LogP contribution >= 0.6 is 11.6 Å². The number of aromatic amines is 1. The van der Waals surface area contributed by atoms with Crippen LogP contribution in [0, 0.1) is 0 Å². The summed E-state index contributed by atoms with van der Waals surface area (Å²) in [5, 5.41) is 4.63. The molecule has 3 aromatic rings. The Balaban J connectivity index is 1.63. The molecule has 0 aromatic carbocycles. The Morgan fingerprint density at radius 3 is 3.22 bits per heavy atom. The zero-order chi connectivity index (χ0) is 15.6. The minimum absolute atomic E-state index is 0.221. The van der Waals surface area contributed by atoms with Crippen LogP contribution < -0.4 is 5.32 Å². The third kappa shape index (κ3) is 3.00. The average molecular weight is 330 g/mol. The first-order chi connectivity index (χ1) is 11.3.